The van der Waals surface area contributed by atoms with Gasteiger partial charge in [-0.1, -0.05) is 57.2 Å². The van der Waals surface area contributed by atoms with Crippen LogP contribution in [0.2, 0.25) is 0 Å². The number of aromatic nitrogens is 2. The summed E-state index contributed by atoms with van der Waals surface area (Å²) in [6, 6.07) is 21.3. The Kier molecular flexibility index (Phi) is 9.88. The number of nitrogens with one attached hydrogen (secondary N) is 1. The van der Waals surface area contributed by atoms with Crippen molar-refractivity contribution < 1.29 is 9.13 Å². The van der Waals surface area contributed by atoms with Gasteiger partial charge in [-0.3, -0.25) is 9.36 Å². The van der Waals surface area contributed by atoms with Crippen molar-refractivity contribution in [3.05, 3.63) is 100 Å². The molecule has 3 aliphatic rings. The van der Waals surface area contributed by atoms with Crippen molar-refractivity contribution in [2.24, 2.45) is 28.2 Å². The highest BCUT2D eigenvalue weighted by molar-refractivity contribution is 5.86. The predicted octanol–water partition coefficient (Wildman–Crippen LogP) is 6.50. The van der Waals surface area contributed by atoms with Crippen molar-refractivity contribution in [3.8, 4) is 5.75 Å². The molecule has 0 aliphatic heterocycles. The Morgan fingerprint density at radius 1 is 1.08 bits per heavy atom. The molecule has 2 bridgehead atoms. The topological polar surface area (TPSA) is 75.0 Å². The monoisotopic (exact) mass is 652 g/mol. The van der Waals surface area contributed by atoms with Crippen molar-refractivity contribution in [2.45, 2.75) is 59.2 Å². The lowest BCUT2D eigenvalue weighted by molar-refractivity contribution is -0.112. The minimum Gasteiger partial charge on any atom is -0.497 e. The van der Waals surface area contributed by atoms with Gasteiger partial charge in [0.15, 0.2) is 5.96 Å². The number of guanidine groups is 1. The molecule has 8 nitrogen and oxygen atoms in total. The second-order valence-electron chi connectivity index (χ2n) is 14.5. The third-order valence-corrected chi connectivity index (χ3v) is 10.9. The molecule has 3 fully saturated rings. The van der Waals surface area contributed by atoms with Crippen LogP contribution < -0.4 is 15.6 Å². The zero-order chi connectivity index (χ0) is 34.0. The first-order valence-electron chi connectivity index (χ1n) is 17.1. The van der Waals surface area contributed by atoms with E-state index in [1.165, 1.54) is 25.2 Å². The van der Waals surface area contributed by atoms with Crippen LogP contribution in [0.3, 0.4) is 0 Å². The van der Waals surface area contributed by atoms with Crippen LogP contribution in [-0.4, -0.2) is 65.6 Å². The Morgan fingerprint density at radius 3 is 2.56 bits per heavy atom. The van der Waals surface area contributed by atoms with Gasteiger partial charge in [0, 0.05) is 38.3 Å². The van der Waals surface area contributed by atoms with Crippen LogP contribution in [0.5, 0.6) is 5.75 Å². The number of likely N-dealkylation sites (N-methyl/N-ethyl adjacent to an activating group) is 1. The second-order valence-corrected chi connectivity index (χ2v) is 14.5. The normalized spacial score (nSPS) is 21.6. The maximum Gasteiger partial charge on any atom is 0.261 e. The van der Waals surface area contributed by atoms with Gasteiger partial charge < -0.3 is 19.9 Å². The van der Waals surface area contributed by atoms with E-state index in [1.54, 1.807) is 23.0 Å². The lowest BCUT2D eigenvalue weighted by Gasteiger charge is -2.62. The largest absolute Gasteiger partial charge is 0.497 e. The van der Waals surface area contributed by atoms with Crippen LogP contribution in [-0.2, 0) is 19.5 Å². The van der Waals surface area contributed by atoms with Crippen LogP contribution >= 0.6 is 0 Å². The number of hydrogen-bond donors (Lipinski definition) is 1. The SMILES string of the molecule is COc1ccc(CCn2cnc3cc(N=C(NC4C[C@@H]5C[C@@H]([C@H]4C)C5(C)C)N(CCN(C)C)Cc4ccccc4)ccc3c2=O)c(F)c1. The molecule has 1 heterocycles. The van der Waals surface area contributed by atoms with E-state index in [0.29, 0.717) is 58.5 Å². The highest BCUT2D eigenvalue weighted by Gasteiger charge is 2.56. The lowest BCUT2D eigenvalue weighted by atomic mass is 9.45. The minimum absolute atomic E-state index is 0.155. The van der Waals surface area contributed by atoms with E-state index >= 15 is 0 Å². The van der Waals surface area contributed by atoms with Gasteiger partial charge in [0.05, 0.1) is 30.0 Å². The van der Waals surface area contributed by atoms with E-state index < -0.39 is 0 Å². The first-order chi connectivity index (χ1) is 23.0. The van der Waals surface area contributed by atoms with E-state index in [-0.39, 0.29) is 11.4 Å². The van der Waals surface area contributed by atoms with Crippen molar-refractivity contribution in [1.29, 1.82) is 0 Å². The molecule has 4 aromatic rings. The Balaban J connectivity index is 1.29. The van der Waals surface area contributed by atoms with Gasteiger partial charge in [-0.25, -0.2) is 14.4 Å². The first-order valence-corrected chi connectivity index (χ1v) is 17.1. The molecule has 1 aromatic heterocycles. The molecular weight excluding hydrogens is 603 g/mol. The molecule has 0 spiro atoms. The number of fused-ring (bicyclic) bond motifs is 3. The van der Waals surface area contributed by atoms with Gasteiger partial charge in [-0.05, 0) is 91.9 Å². The smallest absolute Gasteiger partial charge is 0.261 e. The van der Waals surface area contributed by atoms with Gasteiger partial charge in [0.1, 0.15) is 11.6 Å². The maximum atomic E-state index is 14.5. The fourth-order valence-electron chi connectivity index (χ4n) is 7.68. The molecule has 4 atom stereocenters. The molecule has 3 aromatic carbocycles. The van der Waals surface area contributed by atoms with Crippen LogP contribution in [0, 0.1) is 29.0 Å². The first kappa shape index (κ1) is 33.7. The summed E-state index contributed by atoms with van der Waals surface area (Å²) in [5.74, 6) is 2.92. The van der Waals surface area contributed by atoms with Crippen LogP contribution in [0.15, 0.2) is 82.8 Å². The average Bonchev–Trinajstić information content (AvgIpc) is 3.07. The van der Waals surface area contributed by atoms with Crippen LogP contribution in [0.25, 0.3) is 10.9 Å². The molecule has 0 saturated heterocycles. The standard InChI is InChI=1S/C39H49FN6O2/c1-26-33-20-29(39(33,2)3)21-35(26)43-38(45(19-18-44(4)5)24-27-10-8-7-9-11-27)42-30-13-15-32-36(22-30)41-25-46(37(32)47)17-16-28-12-14-31(48-6)23-34(28)40/h7-15,22-23,25-26,29,33,35H,16-21,24H2,1-6H3,(H,42,43)/t26-,29+,33+,35?/m1/s1. The van der Waals surface area contributed by atoms with Gasteiger partial charge in [-0.15, -0.1) is 0 Å². The zero-order valence-corrected chi connectivity index (χ0v) is 29.1. The van der Waals surface area contributed by atoms with E-state index in [1.807, 2.05) is 24.3 Å². The van der Waals surface area contributed by atoms with Crippen molar-refractivity contribution in [2.75, 3.05) is 34.3 Å². The highest BCUT2D eigenvalue weighted by Crippen LogP contribution is 2.61. The van der Waals surface area contributed by atoms with Crippen LogP contribution in [0.1, 0.15) is 44.7 Å². The molecule has 1 N–H and O–H groups in total. The number of hydrogen-bond acceptors (Lipinski definition) is 5. The van der Waals surface area contributed by atoms with Gasteiger partial charge in [-0.2, -0.15) is 0 Å². The molecule has 3 aliphatic carbocycles. The summed E-state index contributed by atoms with van der Waals surface area (Å²) < 4.78 is 21.2. The van der Waals surface area contributed by atoms with Crippen molar-refractivity contribution in [1.82, 2.24) is 24.7 Å². The number of ether oxygens (including phenoxy) is 1. The fraction of sp³-hybridized carbons (Fsp3) is 0.462. The van der Waals surface area contributed by atoms with Gasteiger partial charge in [0.25, 0.3) is 5.56 Å². The summed E-state index contributed by atoms with van der Waals surface area (Å²) in [6.45, 7) is 9.98. The maximum absolute atomic E-state index is 14.5. The Morgan fingerprint density at radius 2 is 1.88 bits per heavy atom. The van der Waals surface area contributed by atoms with E-state index in [4.69, 9.17) is 9.73 Å². The summed E-state index contributed by atoms with van der Waals surface area (Å²) in [7, 11) is 5.70. The molecule has 254 valence electrons. The molecule has 48 heavy (non-hydrogen) atoms. The van der Waals surface area contributed by atoms with Gasteiger partial charge in [0.2, 0.25) is 0 Å². The number of nitrogens with zero attached hydrogens (tertiary/aromatic N) is 5. The summed E-state index contributed by atoms with van der Waals surface area (Å²) in [6.07, 6.45) is 4.37. The number of aliphatic imine (C=N–C) groups is 1. The summed E-state index contributed by atoms with van der Waals surface area (Å²) >= 11 is 0. The molecule has 7 rings (SSSR count). The summed E-state index contributed by atoms with van der Waals surface area (Å²) in [5, 5.41) is 4.45. The second kappa shape index (κ2) is 14.1. The predicted molar refractivity (Wildman–Crippen MR) is 191 cm³/mol. The molecule has 3 saturated carbocycles. The van der Waals surface area contributed by atoms with Crippen molar-refractivity contribution >= 4 is 22.5 Å². The highest BCUT2D eigenvalue weighted by atomic mass is 19.1. The Bertz CT molecular complexity index is 1820. The minimum atomic E-state index is -0.349. The fourth-order valence-corrected chi connectivity index (χ4v) is 7.68. The molecule has 0 radical (unpaired) electrons. The van der Waals surface area contributed by atoms with E-state index in [2.05, 4.69) is 79.2 Å². The molecule has 0 amide bonds. The Labute approximate surface area is 283 Å². The zero-order valence-electron chi connectivity index (χ0n) is 29.1. The Hall–Kier alpha value is -4.24. The number of methoxy groups -OCH3 is 1. The number of aryl methyl sites for hydroxylation is 2. The summed E-state index contributed by atoms with van der Waals surface area (Å²) in [4.78, 5) is 27.9. The summed E-state index contributed by atoms with van der Waals surface area (Å²) in [5.41, 5.74) is 3.31. The number of halogens is 1. The lowest BCUT2D eigenvalue weighted by Crippen LogP contribution is -2.62. The third-order valence-electron chi connectivity index (χ3n) is 10.9. The molecular formula is C39H49FN6O2. The quantitative estimate of drug-likeness (QED) is 0.147. The van der Waals surface area contributed by atoms with E-state index in [0.717, 1.165) is 43.6 Å². The van der Waals surface area contributed by atoms with E-state index in [9.17, 15) is 9.18 Å². The third kappa shape index (κ3) is 7.11. The van der Waals surface area contributed by atoms with Gasteiger partial charge >= 0.3 is 0 Å². The average molecular weight is 653 g/mol. The van der Waals surface area contributed by atoms with Crippen molar-refractivity contribution in [3.63, 3.8) is 0 Å². The number of benzene rings is 3. The molecule has 9 heteroatoms. The number of rotatable bonds is 11. The van der Waals surface area contributed by atoms with Crippen LogP contribution in [0.4, 0.5) is 10.1 Å². The molecule has 1 unspecified atom stereocenters.